The molecule has 0 saturated carbocycles. The highest BCUT2D eigenvalue weighted by Crippen LogP contribution is 2.27. The molecule has 0 spiro atoms. The maximum atomic E-state index is 12.7. The predicted octanol–water partition coefficient (Wildman–Crippen LogP) is 1.90. The van der Waals surface area contributed by atoms with Gasteiger partial charge in [-0.25, -0.2) is 4.79 Å². The van der Waals surface area contributed by atoms with Crippen molar-refractivity contribution in [2.45, 2.75) is 12.5 Å². The number of para-hydroxylation sites is 3. The molecular weight excluding hydrogens is 408 g/mol. The largest absolute Gasteiger partial charge is 0.506 e. The molecule has 1 aliphatic heterocycles. The van der Waals surface area contributed by atoms with Gasteiger partial charge in [0.15, 0.2) is 0 Å². The molecule has 168 valence electrons. The fourth-order valence-corrected chi connectivity index (χ4v) is 4.18. The number of ether oxygens (including phenoxy) is 1. The zero-order valence-electron chi connectivity index (χ0n) is 18.1. The van der Waals surface area contributed by atoms with Crippen LogP contribution in [0.15, 0.2) is 54.7 Å². The minimum Gasteiger partial charge on any atom is -0.506 e. The Kier molecular flexibility index (Phi) is 6.61. The third-order valence-electron chi connectivity index (χ3n) is 5.88. The molecule has 0 bridgehead atoms. The van der Waals surface area contributed by atoms with Gasteiger partial charge in [-0.05, 0) is 23.8 Å². The number of phenolic OH excluding ortho intramolecular Hbond substituents is 1. The van der Waals surface area contributed by atoms with E-state index in [4.69, 9.17) is 4.74 Å². The van der Waals surface area contributed by atoms with Crippen molar-refractivity contribution >= 4 is 28.5 Å². The molecule has 3 aromatic rings. The van der Waals surface area contributed by atoms with Crippen LogP contribution in [0.4, 0.5) is 5.69 Å². The third kappa shape index (κ3) is 4.86. The zero-order chi connectivity index (χ0) is 22.5. The summed E-state index contributed by atoms with van der Waals surface area (Å²) in [5.41, 5.74) is 2.74. The van der Waals surface area contributed by atoms with Gasteiger partial charge >= 0.3 is 5.97 Å². The number of piperazine rings is 1. The second kappa shape index (κ2) is 9.74. The second-order valence-electron chi connectivity index (χ2n) is 7.96. The Bertz CT molecular complexity index is 1090. The van der Waals surface area contributed by atoms with Crippen molar-refractivity contribution in [3.63, 3.8) is 0 Å². The van der Waals surface area contributed by atoms with Crippen LogP contribution in [0.25, 0.3) is 10.9 Å². The van der Waals surface area contributed by atoms with Crippen LogP contribution in [0.5, 0.6) is 5.75 Å². The van der Waals surface area contributed by atoms with Crippen molar-refractivity contribution in [2.75, 3.05) is 44.7 Å². The monoisotopic (exact) mass is 436 g/mol. The number of amides is 1. The maximum absolute atomic E-state index is 12.7. The van der Waals surface area contributed by atoms with Gasteiger partial charge in [-0.3, -0.25) is 9.69 Å². The summed E-state index contributed by atoms with van der Waals surface area (Å²) in [7, 11) is 1.33. The van der Waals surface area contributed by atoms with Gasteiger partial charge < -0.3 is 25.0 Å². The Hall–Kier alpha value is -3.52. The number of rotatable bonds is 7. The second-order valence-corrected chi connectivity index (χ2v) is 7.96. The van der Waals surface area contributed by atoms with Crippen molar-refractivity contribution < 1.29 is 19.4 Å². The van der Waals surface area contributed by atoms with E-state index in [0.717, 1.165) is 22.2 Å². The fourth-order valence-electron chi connectivity index (χ4n) is 4.18. The van der Waals surface area contributed by atoms with Gasteiger partial charge in [0.2, 0.25) is 5.91 Å². The number of aromatic nitrogens is 1. The van der Waals surface area contributed by atoms with Crippen LogP contribution in [0.3, 0.4) is 0 Å². The molecule has 1 unspecified atom stereocenters. The summed E-state index contributed by atoms with van der Waals surface area (Å²) in [6.07, 6.45) is 2.22. The van der Waals surface area contributed by atoms with Crippen molar-refractivity contribution in [2.24, 2.45) is 0 Å². The number of aromatic amines is 1. The molecule has 3 N–H and O–H groups in total. The first kappa shape index (κ1) is 21.7. The van der Waals surface area contributed by atoms with Crippen LogP contribution < -0.4 is 10.2 Å². The van der Waals surface area contributed by atoms with E-state index in [1.165, 1.54) is 7.11 Å². The number of methoxy groups -OCH3 is 1. The van der Waals surface area contributed by atoms with Crippen molar-refractivity contribution in [3.05, 3.63) is 60.3 Å². The number of nitrogens with one attached hydrogen (secondary N) is 2. The van der Waals surface area contributed by atoms with Gasteiger partial charge in [0.05, 0.1) is 19.3 Å². The molecular formula is C24H28N4O4. The van der Waals surface area contributed by atoms with Gasteiger partial charge in [0.1, 0.15) is 11.8 Å². The van der Waals surface area contributed by atoms with Crippen LogP contribution in [-0.4, -0.2) is 72.7 Å². The molecule has 8 nitrogen and oxygen atoms in total. The van der Waals surface area contributed by atoms with E-state index in [1.807, 2.05) is 47.5 Å². The third-order valence-corrected chi connectivity index (χ3v) is 5.88. The molecule has 4 rings (SSSR count). The zero-order valence-corrected chi connectivity index (χ0v) is 18.1. The molecule has 2 heterocycles. The molecule has 1 atom stereocenters. The number of fused-ring (bicyclic) bond motifs is 1. The molecule has 2 aromatic carbocycles. The minimum atomic E-state index is -0.755. The summed E-state index contributed by atoms with van der Waals surface area (Å²) < 4.78 is 4.93. The van der Waals surface area contributed by atoms with E-state index in [1.54, 1.807) is 12.1 Å². The number of anilines is 1. The lowest BCUT2D eigenvalue weighted by Gasteiger charge is -2.36. The fraction of sp³-hybridized carbons (Fsp3) is 0.333. The smallest absolute Gasteiger partial charge is 0.328 e. The van der Waals surface area contributed by atoms with Gasteiger partial charge in [-0.15, -0.1) is 0 Å². The Morgan fingerprint density at radius 1 is 1.09 bits per heavy atom. The van der Waals surface area contributed by atoms with E-state index >= 15 is 0 Å². The van der Waals surface area contributed by atoms with E-state index in [0.29, 0.717) is 32.6 Å². The SMILES string of the molecule is COC(=O)C(Cc1c[nH]c2ccccc12)NC(=O)CN1CCN(c2ccccc2O)CC1. The van der Waals surface area contributed by atoms with Crippen molar-refractivity contribution in [3.8, 4) is 5.75 Å². The summed E-state index contributed by atoms with van der Waals surface area (Å²) in [6, 6.07) is 14.4. The number of esters is 1. The Morgan fingerprint density at radius 2 is 1.81 bits per heavy atom. The lowest BCUT2D eigenvalue weighted by Crippen LogP contribution is -2.52. The summed E-state index contributed by atoms with van der Waals surface area (Å²) in [4.78, 5) is 32.4. The summed E-state index contributed by atoms with van der Waals surface area (Å²) in [5.74, 6) is -0.416. The van der Waals surface area contributed by atoms with Gasteiger partial charge in [-0.1, -0.05) is 30.3 Å². The first-order chi connectivity index (χ1) is 15.5. The van der Waals surface area contributed by atoms with Crippen molar-refractivity contribution in [1.82, 2.24) is 15.2 Å². The Balaban J connectivity index is 1.34. The lowest BCUT2D eigenvalue weighted by atomic mass is 10.0. The number of benzene rings is 2. The first-order valence-electron chi connectivity index (χ1n) is 10.7. The quantitative estimate of drug-likeness (QED) is 0.490. The average Bonchev–Trinajstić information content (AvgIpc) is 3.22. The van der Waals surface area contributed by atoms with Crippen LogP contribution in [0.2, 0.25) is 0 Å². The van der Waals surface area contributed by atoms with E-state index < -0.39 is 12.0 Å². The average molecular weight is 437 g/mol. The first-order valence-corrected chi connectivity index (χ1v) is 10.7. The van der Waals surface area contributed by atoms with Crippen LogP contribution in [0, 0.1) is 0 Å². The van der Waals surface area contributed by atoms with Crippen molar-refractivity contribution in [1.29, 1.82) is 0 Å². The highest BCUT2D eigenvalue weighted by atomic mass is 16.5. The molecule has 1 saturated heterocycles. The van der Waals surface area contributed by atoms with Gasteiger partial charge in [0, 0.05) is 49.7 Å². The Labute approximate surface area is 186 Å². The summed E-state index contributed by atoms with van der Waals surface area (Å²) in [5, 5.41) is 13.9. The van der Waals surface area contributed by atoms with Crippen LogP contribution in [-0.2, 0) is 20.7 Å². The van der Waals surface area contributed by atoms with E-state index in [9.17, 15) is 14.7 Å². The molecule has 8 heteroatoms. The van der Waals surface area contributed by atoms with Gasteiger partial charge in [0.25, 0.3) is 0 Å². The molecule has 0 aliphatic carbocycles. The number of hydrogen-bond donors (Lipinski definition) is 3. The molecule has 0 radical (unpaired) electrons. The molecule has 1 amide bonds. The molecule has 32 heavy (non-hydrogen) atoms. The Morgan fingerprint density at radius 3 is 2.56 bits per heavy atom. The number of phenols is 1. The highest BCUT2D eigenvalue weighted by Gasteiger charge is 2.26. The standard InChI is InChI=1S/C24H28N4O4/c1-32-24(31)20(14-17-15-25-19-7-3-2-6-18(17)19)26-23(30)16-27-10-12-28(13-11-27)21-8-4-5-9-22(21)29/h2-9,15,20,25,29H,10-14,16H2,1H3,(H,26,30). The van der Waals surface area contributed by atoms with Crippen LogP contribution >= 0.6 is 0 Å². The number of H-pyrrole nitrogens is 1. The number of aromatic hydroxyl groups is 1. The molecule has 1 fully saturated rings. The lowest BCUT2D eigenvalue weighted by molar-refractivity contribution is -0.145. The summed E-state index contributed by atoms with van der Waals surface area (Å²) >= 11 is 0. The number of carbonyl (C=O) groups is 2. The topological polar surface area (TPSA) is 97.9 Å². The van der Waals surface area contributed by atoms with E-state index in [-0.39, 0.29) is 18.2 Å². The highest BCUT2D eigenvalue weighted by molar-refractivity contribution is 5.87. The summed E-state index contributed by atoms with van der Waals surface area (Å²) in [6.45, 7) is 3.00. The minimum absolute atomic E-state index is 0.204. The number of carbonyl (C=O) groups excluding carboxylic acids is 2. The molecule has 1 aromatic heterocycles. The normalized spacial score (nSPS) is 15.5. The maximum Gasteiger partial charge on any atom is 0.328 e. The van der Waals surface area contributed by atoms with E-state index in [2.05, 4.69) is 15.2 Å². The number of hydrogen-bond acceptors (Lipinski definition) is 6. The van der Waals surface area contributed by atoms with Gasteiger partial charge in [-0.2, -0.15) is 0 Å². The number of nitrogens with zero attached hydrogens (tertiary/aromatic N) is 2. The molecule has 1 aliphatic rings. The predicted molar refractivity (Wildman–Crippen MR) is 123 cm³/mol. The van der Waals surface area contributed by atoms with Crippen LogP contribution in [0.1, 0.15) is 5.56 Å².